The summed E-state index contributed by atoms with van der Waals surface area (Å²) in [5, 5.41) is 10.7. The van der Waals surface area contributed by atoms with E-state index in [9.17, 15) is 8.42 Å². The molecule has 3 heterocycles. The molecule has 2 unspecified atom stereocenters. The van der Waals surface area contributed by atoms with E-state index in [1.165, 1.54) is 11.3 Å². The molecular weight excluding hydrogens is 284 g/mol. The molecule has 1 aromatic rings. The van der Waals surface area contributed by atoms with Gasteiger partial charge in [0.2, 0.25) is 10.0 Å². The van der Waals surface area contributed by atoms with Crippen molar-refractivity contribution in [3.05, 3.63) is 17.0 Å². The summed E-state index contributed by atoms with van der Waals surface area (Å²) in [4.78, 5) is 2.38. The maximum Gasteiger partial charge on any atom is 0.250 e. The molecule has 2 atom stereocenters. The number of hydrogen-bond donors (Lipinski definition) is 2. The molecule has 2 saturated heterocycles. The third-order valence-electron chi connectivity index (χ3n) is 3.99. The monoisotopic (exact) mass is 302 g/mol. The van der Waals surface area contributed by atoms with Crippen LogP contribution in [0.3, 0.4) is 0 Å². The molecule has 0 saturated carbocycles. The molecule has 2 aliphatic rings. The molecule has 1 aromatic heterocycles. The summed E-state index contributed by atoms with van der Waals surface area (Å²) in [5.41, 5.74) is 0.652. The Hall–Kier alpha value is -0.470. The van der Waals surface area contributed by atoms with Crippen LogP contribution in [0.1, 0.15) is 24.8 Å². The second kappa shape index (κ2) is 5.14. The summed E-state index contributed by atoms with van der Waals surface area (Å²) in [6.45, 7) is 1.96. The van der Waals surface area contributed by atoms with Gasteiger partial charge in [0.25, 0.3) is 0 Å². The van der Waals surface area contributed by atoms with Crippen LogP contribution in [0, 0.1) is 0 Å². The Morgan fingerprint density at radius 2 is 2.26 bits per heavy atom. The molecule has 0 aliphatic carbocycles. The molecule has 0 aromatic carbocycles. The molecule has 0 amide bonds. The zero-order chi connectivity index (χ0) is 13.5. The quantitative estimate of drug-likeness (QED) is 0.861. The molecule has 2 aliphatic heterocycles. The highest BCUT2D eigenvalue weighted by Crippen LogP contribution is 2.29. The highest BCUT2D eigenvalue weighted by atomic mass is 32.2. The van der Waals surface area contributed by atoms with Gasteiger partial charge in [-0.2, -0.15) is 0 Å². The van der Waals surface area contributed by atoms with Crippen LogP contribution in [0.4, 0.5) is 0 Å². The lowest BCUT2D eigenvalue weighted by Crippen LogP contribution is -2.42. The lowest BCUT2D eigenvalue weighted by Gasteiger charge is -2.20. The maximum atomic E-state index is 12.3. The number of rotatable bonds is 4. The van der Waals surface area contributed by atoms with Gasteiger partial charge in [0.05, 0.1) is 6.61 Å². The van der Waals surface area contributed by atoms with Crippen LogP contribution in [0.15, 0.2) is 15.7 Å². The standard InChI is InChI=1S/C12H18N2O3S2/c15-7-9-6-12(18-8-9)19(16,17)13-10-3-5-14-4-1-2-11(10)14/h6,8,10-11,13,15H,1-5,7H2. The number of thiophene rings is 1. The predicted molar refractivity (Wildman–Crippen MR) is 73.6 cm³/mol. The molecule has 2 fully saturated rings. The molecule has 2 N–H and O–H groups in total. The van der Waals surface area contributed by atoms with Gasteiger partial charge in [0.15, 0.2) is 0 Å². The van der Waals surface area contributed by atoms with Crippen LogP contribution in [0.2, 0.25) is 0 Å². The van der Waals surface area contributed by atoms with Gasteiger partial charge in [-0.25, -0.2) is 13.1 Å². The summed E-state index contributed by atoms with van der Waals surface area (Å²) < 4.78 is 27.7. The number of fused-ring (bicyclic) bond motifs is 1. The number of nitrogens with one attached hydrogen (secondary N) is 1. The fraction of sp³-hybridized carbons (Fsp3) is 0.667. The van der Waals surface area contributed by atoms with Crippen molar-refractivity contribution in [3.63, 3.8) is 0 Å². The fourth-order valence-electron chi connectivity index (χ4n) is 3.05. The maximum absolute atomic E-state index is 12.3. The lowest BCUT2D eigenvalue weighted by atomic mass is 10.1. The number of aliphatic hydroxyl groups is 1. The third-order valence-corrected chi connectivity index (χ3v) is 6.97. The van der Waals surface area contributed by atoms with Gasteiger partial charge >= 0.3 is 0 Å². The van der Waals surface area contributed by atoms with Crippen LogP contribution >= 0.6 is 11.3 Å². The largest absolute Gasteiger partial charge is 0.392 e. The van der Waals surface area contributed by atoms with E-state index in [1.54, 1.807) is 11.4 Å². The van der Waals surface area contributed by atoms with Crippen LogP contribution in [-0.4, -0.2) is 43.6 Å². The van der Waals surface area contributed by atoms with Gasteiger partial charge in [0, 0.05) is 18.6 Å². The van der Waals surface area contributed by atoms with Gasteiger partial charge in [-0.15, -0.1) is 11.3 Å². The lowest BCUT2D eigenvalue weighted by molar-refractivity contribution is 0.282. The number of aliphatic hydroxyl groups excluding tert-OH is 1. The molecule has 0 radical (unpaired) electrons. The smallest absolute Gasteiger partial charge is 0.250 e. The van der Waals surface area contributed by atoms with Gasteiger partial charge in [-0.1, -0.05) is 0 Å². The van der Waals surface area contributed by atoms with E-state index in [0.29, 0.717) is 15.8 Å². The SMILES string of the molecule is O=S(=O)(NC1CCN2CCCC12)c1cc(CO)cs1. The average molecular weight is 302 g/mol. The van der Waals surface area contributed by atoms with Gasteiger partial charge < -0.3 is 5.11 Å². The van der Waals surface area contributed by atoms with Crippen molar-refractivity contribution < 1.29 is 13.5 Å². The summed E-state index contributed by atoms with van der Waals surface area (Å²) in [6, 6.07) is 1.95. The molecule has 0 spiro atoms. The molecule has 106 valence electrons. The number of sulfonamides is 1. The second-order valence-electron chi connectivity index (χ2n) is 5.19. The Morgan fingerprint density at radius 3 is 3.00 bits per heavy atom. The Bertz CT molecular complexity index is 555. The van der Waals surface area contributed by atoms with E-state index in [2.05, 4.69) is 9.62 Å². The van der Waals surface area contributed by atoms with E-state index < -0.39 is 10.0 Å². The summed E-state index contributed by atoms with van der Waals surface area (Å²) >= 11 is 1.17. The minimum absolute atomic E-state index is 0.0344. The van der Waals surface area contributed by atoms with Crippen molar-refractivity contribution >= 4 is 21.4 Å². The first-order valence-electron chi connectivity index (χ1n) is 6.55. The Morgan fingerprint density at radius 1 is 1.42 bits per heavy atom. The Balaban J connectivity index is 1.74. The predicted octanol–water partition coefficient (Wildman–Crippen LogP) is 0.755. The van der Waals surface area contributed by atoms with Crippen molar-refractivity contribution in [1.82, 2.24) is 9.62 Å². The summed E-state index contributed by atoms with van der Waals surface area (Å²) in [6.07, 6.45) is 3.14. The van der Waals surface area contributed by atoms with Gasteiger partial charge in [0.1, 0.15) is 4.21 Å². The van der Waals surface area contributed by atoms with Crippen LogP contribution < -0.4 is 4.72 Å². The highest BCUT2D eigenvalue weighted by Gasteiger charge is 2.39. The zero-order valence-electron chi connectivity index (χ0n) is 10.6. The highest BCUT2D eigenvalue weighted by molar-refractivity contribution is 7.91. The van der Waals surface area contributed by atoms with E-state index >= 15 is 0 Å². The van der Waals surface area contributed by atoms with Crippen LogP contribution in [0.5, 0.6) is 0 Å². The van der Waals surface area contributed by atoms with Gasteiger partial charge in [-0.3, -0.25) is 4.90 Å². The van der Waals surface area contributed by atoms with Gasteiger partial charge in [-0.05, 0) is 42.8 Å². The van der Waals surface area contributed by atoms with Crippen molar-refractivity contribution in [2.24, 2.45) is 0 Å². The number of nitrogens with zero attached hydrogens (tertiary/aromatic N) is 1. The Labute approximate surface area is 117 Å². The summed E-state index contributed by atoms with van der Waals surface area (Å²) in [7, 11) is -3.44. The molecule has 3 rings (SSSR count). The molecule has 5 nitrogen and oxygen atoms in total. The molecular formula is C12H18N2O3S2. The van der Waals surface area contributed by atoms with E-state index in [0.717, 1.165) is 32.4 Å². The van der Waals surface area contributed by atoms with Crippen molar-refractivity contribution in [3.8, 4) is 0 Å². The van der Waals surface area contributed by atoms with E-state index in [-0.39, 0.29) is 12.6 Å². The topological polar surface area (TPSA) is 69.6 Å². The van der Waals surface area contributed by atoms with Crippen molar-refractivity contribution in [1.29, 1.82) is 0 Å². The normalized spacial score (nSPS) is 27.8. The molecule has 0 bridgehead atoms. The minimum Gasteiger partial charge on any atom is -0.392 e. The van der Waals surface area contributed by atoms with Crippen LogP contribution in [-0.2, 0) is 16.6 Å². The average Bonchev–Trinajstić information content (AvgIpc) is 3.05. The first-order valence-corrected chi connectivity index (χ1v) is 8.91. The van der Waals surface area contributed by atoms with Crippen molar-refractivity contribution in [2.45, 2.75) is 42.2 Å². The first kappa shape index (κ1) is 13.5. The van der Waals surface area contributed by atoms with Crippen LogP contribution in [0.25, 0.3) is 0 Å². The molecule has 7 heteroatoms. The Kier molecular flexibility index (Phi) is 3.65. The van der Waals surface area contributed by atoms with Crippen molar-refractivity contribution in [2.75, 3.05) is 13.1 Å². The number of hydrogen-bond acceptors (Lipinski definition) is 5. The van der Waals surface area contributed by atoms with E-state index in [1.807, 2.05) is 0 Å². The fourth-order valence-corrected chi connectivity index (χ4v) is 5.58. The minimum atomic E-state index is -3.44. The first-order chi connectivity index (χ1) is 9.10. The second-order valence-corrected chi connectivity index (χ2v) is 8.05. The molecule has 19 heavy (non-hydrogen) atoms. The third kappa shape index (κ3) is 2.57. The summed E-state index contributed by atoms with van der Waals surface area (Å²) in [5.74, 6) is 0. The zero-order valence-corrected chi connectivity index (χ0v) is 12.2. The van der Waals surface area contributed by atoms with E-state index in [4.69, 9.17) is 5.11 Å².